The molecule has 0 aromatic heterocycles. The zero-order valence-corrected chi connectivity index (χ0v) is 11.5. The van der Waals surface area contributed by atoms with Gasteiger partial charge in [0.2, 0.25) is 0 Å². The Balaban J connectivity index is 2.21. The van der Waals surface area contributed by atoms with Crippen LogP contribution in [0.5, 0.6) is 0 Å². The molecule has 0 saturated heterocycles. The quantitative estimate of drug-likeness (QED) is 0.866. The molecule has 18 heavy (non-hydrogen) atoms. The van der Waals surface area contributed by atoms with E-state index in [0.29, 0.717) is 0 Å². The molecule has 0 saturated carbocycles. The minimum absolute atomic E-state index is 0.129. The normalized spacial score (nSPS) is 16.9. The Bertz CT molecular complexity index is 417. The minimum Gasteiger partial charge on any atom is -0.496 e. The van der Waals surface area contributed by atoms with E-state index in [4.69, 9.17) is 16.3 Å². The summed E-state index contributed by atoms with van der Waals surface area (Å²) in [6.07, 6.45) is 5.50. The van der Waals surface area contributed by atoms with Gasteiger partial charge >= 0.3 is 0 Å². The molecule has 0 amide bonds. The van der Waals surface area contributed by atoms with Crippen molar-refractivity contribution < 1.29 is 4.74 Å². The summed E-state index contributed by atoms with van der Waals surface area (Å²) in [4.78, 5) is 0. The molecular formula is C15H20ClNO. The molecular weight excluding hydrogens is 246 g/mol. The predicted octanol–water partition coefficient (Wildman–Crippen LogP) is 4.08. The second-order valence-corrected chi connectivity index (χ2v) is 4.98. The SMILES string of the molecule is CCCNC(C1=CCCCO1)c1cccc(Cl)c1. The maximum Gasteiger partial charge on any atom is 0.113 e. The molecule has 0 bridgehead atoms. The van der Waals surface area contributed by atoms with Gasteiger partial charge in [0.05, 0.1) is 12.6 Å². The highest BCUT2D eigenvalue weighted by molar-refractivity contribution is 6.30. The van der Waals surface area contributed by atoms with Crippen molar-refractivity contribution in [2.75, 3.05) is 13.2 Å². The van der Waals surface area contributed by atoms with Crippen LogP contribution in [0.4, 0.5) is 0 Å². The fraction of sp³-hybridized carbons (Fsp3) is 0.467. The average Bonchev–Trinajstić information content (AvgIpc) is 2.40. The fourth-order valence-corrected chi connectivity index (χ4v) is 2.33. The summed E-state index contributed by atoms with van der Waals surface area (Å²) in [5.74, 6) is 1.04. The first kappa shape index (κ1) is 13.4. The number of ether oxygens (including phenoxy) is 1. The molecule has 2 rings (SSSR count). The zero-order chi connectivity index (χ0) is 12.8. The Kier molecular flexibility index (Phi) is 5.09. The van der Waals surface area contributed by atoms with Crippen molar-refractivity contribution in [2.45, 2.75) is 32.2 Å². The predicted molar refractivity (Wildman–Crippen MR) is 75.8 cm³/mol. The Hall–Kier alpha value is -0.990. The van der Waals surface area contributed by atoms with Crippen molar-refractivity contribution in [3.63, 3.8) is 0 Å². The van der Waals surface area contributed by atoms with Gasteiger partial charge in [0.15, 0.2) is 0 Å². The second-order valence-electron chi connectivity index (χ2n) is 4.54. The van der Waals surface area contributed by atoms with Crippen molar-refractivity contribution in [1.82, 2.24) is 5.32 Å². The summed E-state index contributed by atoms with van der Waals surface area (Å²) >= 11 is 6.07. The van der Waals surface area contributed by atoms with E-state index < -0.39 is 0 Å². The smallest absolute Gasteiger partial charge is 0.113 e. The number of benzene rings is 1. The monoisotopic (exact) mass is 265 g/mol. The Morgan fingerprint density at radius 1 is 1.44 bits per heavy atom. The van der Waals surface area contributed by atoms with Crippen LogP contribution >= 0.6 is 11.6 Å². The Morgan fingerprint density at radius 3 is 3.00 bits per heavy atom. The van der Waals surface area contributed by atoms with Crippen molar-refractivity contribution >= 4 is 11.6 Å². The largest absolute Gasteiger partial charge is 0.496 e. The number of hydrogen-bond donors (Lipinski definition) is 1. The first-order chi connectivity index (χ1) is 8.81. The molecule has 1 aliphatic heterocycles. The molecule has 0 spiro atoms. The average molecular weight is 266 g/mol. The molecule has 0 fully saturated rings. The van der Waals surface area contributed by atoms with Crippen LogP contribution in [0.15, 0.2) is 36.1 Å². The lowest BCUT2D eigenvalue weighted by atomic mass is 10.0. The lowest BCUT2D eigenvalue weighted by Crippen LogP contribution is -2.26. The highest BCUT2D eigenvalue weighted by atomic mass is 35.5. The zero-order valence-electron chi connectivity index (χ0n) is 10.8. The molecule has 3 heteroatoms. The van der Waals surface area contributed by atoms with Crippen LogP contribution in [0.2, 0.25) is 5.02 Å². The maximum absolute atomic E-state index is 6.07. The van der Waals surface area contributed by atoms with E-state index in [9.17, 15) is 0 Å². The van der Waals surface area contributed by atoms with E-state index in [1.165, 1.54) is 5.56 Å². The van der Waals surface area contributed by atoms with Gasteiger partial charge in [-0.3, -0.25) is 0 Å². The van der Waals surface area contributed by atoms with Crippen molar-refractivity contribution in [3.05, 3.63) is 46.7 Å². The van der Waals surface area contributed by atoms with Gasteiger partial charge < -0.3 is 10.1 Å². The summed E-state index contributed by atoms with van der Waals surface area (Å²) in [5, 5.41) is 4.30. The van der Waals surface area contributed by atoms with Gasteiger partial charge in [-0.05, 0) is 49.6 Å². The van der Waals surface area contributed by atoms with Crippen LogP contribution in [-0.2, 0) is 4.74 Å². The van der Waals surface area contributed by atoms with Crippen LogP contribution in [0.25, 0.3) is 0 Å². The molecule has 1 aliphatic rings. The van der Waals surface area contributed by atoms with Gasteiger partial charge in [-0.25, -0.2) is 0 Å². The molecule has 1 heterocycles. The molecule has 0 radical (unpaired) electrons. The second kappa shape index (κ2) is 6.81. The first-order valence-electron chi connectivity index (χ1n) is 6.63. The topological polar surface area (TPSA) is 21.3 Å². The minimum atomic E-state index is 0.129. The van der Waals surface area contributed by atoms with E-state index in [1.54, 1.807) is 0 Å². The summed E-state index contributed by atoms with van der Waals surface area (Å²) < 4.78 is 5.79. The van der Waals surface area contributed by atoms with Gasteiger partial charge in [-0.1, -0.05) is 30.7 Å². The summed E-state index contributed by atoms with van der Waals surface area (Å²) in [7, 11) is 0. The number of allylic oxidation sites excluding steroid dienone is 1. The van der Waals surface area contributed by atoms with E-state index in [2.05, 4.69) is 24.4 Å². The van der Waals surface area contributed by atoms with Gasteiger partial charge in [-0.2, -0.15) is 0 Å². The molecule has 98 valence electrons. The van der Waals surface area contributed by atoms with Crippen molar-refractivity contribution in [3.8, 4) is 0 Å². The van der Waals surface area contributed by atoms with Crippen LogP contribution in [-0.4, -0.2) is 13.2 Å². The molecule has 2 nitrogen and oxygen atoms in total. The highest BCUT2D eigenvalue weighted by Gasteiger charge is 2.19. The van der Waals surface area contributed by atoms with Gasteiger partial charge in [-0.15, -0.1) is 0 Å². The molecule has 1 atom stereocenters. The molecule has 1 N–H and O–H groups in total. The third-order valence-corrected chi connectivity index (χ3v) is 3.26. The van der Waals surface area contributed by atoms with E-state index in [1.807, 2.05) is 18.2 Å². The number of nitrogens with one attached hydrogen (secondary N) is 1. The summed E-state index contributed by atoms with van der Waals surface area (Å²) in [6, 6.07) is 8.12. The standard InChI is InChI=1S/C15H20ClNO/c1-2-9-17-15(14-8-3-4-10-18-14)12-6-5-7-13(16)11-12/h5-8,11,15,17H,2-4,9-10H2,1H3. The number of halogens is 1. The summed E-state index contributed by atoms with van der Waals surface area (Å²) in [6.45, 7) is 3.95. The molecule has 1 aromatic rings. The van der Waals surface area contributed by atoms with Gasteiger partial charge in [0.25, 0.3) is 0 Å². The third kappa shape index (κ3) is 3.50. The Labute approximate surface area is 114 Å². The van der Waals surface area contributed by atoms with Crippen LogP contribution in [0, 0.1) is 0 Å². The number of rotatable bonds is 5. The maximum atomic E-state index is 6.07. The Morgan fingerprint density at radius 2 is 2.33 bits per heavy atom. The lowest BCUT2D eigenvalue weighted by Gasteiger charge is -2.25. The van der Waals surface area contributed by atoms with E-state index in [0.717, 1.165) is 43.2 Å². The van der Waals surface area contributed by atoms with E-state index >= 15 is 0 Å². The third-order valence-electron chi connectivity index (χ3n) is 3.03. The van der Waals surface area contributed by atoms with Crippen LogP contribution in [0.3, 0.4) is 0 Å². The number of hydrogen-bond acceptors (Lipinski definition) is 2. The fourth-order valence-electron chi connectivity index (χ4n) is 2.14. The van der Waals surface area contributed by atoms with Crippen LogP contribution in [0.1, 0.15) is 37.8 Å². The van der Waals surface area contributed by atoms with Crippen molar-refractivity contribution in [2.24, 2.45) is 0 Å². The summed E-state index contributed by atoms with van der Waals surface area (Å²) in [5.41, 5.74) is 1.17. The highest BCUT2D eigenvalue weighted by Crippen LogP contribution is 2.27. The first-order valence-corrected chi connectivity index (χ1v) is 7.00. The van der Waals surface area contributed by atoms with Crippen LogP contribution < -0.4 is 5.32 Å². The molecule has 1 unspecified atom stereocenters. The molecule has 0 aliphatic carbocycles. The lowest BCUT2D eigenvalue weighted by molar-refractivity contribution is 0.167. The van der Waals surface area contributed by atoms with Gasteiger partial charge in [0, 0.05) is 5.02 Å². The van der Waals surface area contributed by atoms with Crippen molar-refractivity contribution in [1.29, 1.82) is 0 Å². The van der Waals surface area contributed by atoms with E-state index in [-0.39, 0.29) is 6.04 Å². The molecule has 1 aromatic carbocycles. The van der Waals surface area contributed by atoms with Gasteiger partial charge in [0.1, 0.15) is 5.76 Å².